The molecule has 1 saturated heterocycles. The fourth-order valence-corrected chi connectivity index (χ4v) is 3.51. The zero-order chi connectivity index (χ0) is 21.8. The number of esters is 1. The summed E-state index contributed by atoms with van der Waals surface area (Å²) in [5, 5.41) is -0.529. The van der Waals surface area contributed by atoms with Gasteiger partial charge in [-0.1, -0.05) is 31.2 Å². The zero-order valence-corrected chi connectivity index (χ0v) is 17.7. The Hall–Kier alpha value is -3.13. The summed E-state index contributed by atoms with van der Waals surface area (Å²) in [7, 11) is 0. The van der Waals surface area contributed by atoms with Crippen molar-refractivity contribution in [1.82, 2.24) is 4.90 Å². The summed E-state index contributed by atoms with van der Waals surface area (Å²) in [6.07, 6.45) is 1.84. The summed E-state index contributed by atoms with van der Waals surface area (Å²) in [5.74, 6) is -0.247. The Morgan fingerprint density at radius 1 is 1.17 bits per heavy atom. The molecule has 2 heterocycles. The quantitative estimate of drug-likeness (QED) is 0.364. The molecule has 1 aromatic carbocycles. The average molecular weight is 427 g/mol. The molecule has 0 unspecified atom stereocenters. The fraction of sp³-hybridized carbons (Fsp3) is 0.273. The van der Waals surface area contributed by atoms with Gasteiger partial charge >= 0.3 is 5.97 Å². The van der Waals surface area contributed by atoms with Crippen LogP contribution in [0, 0.1) is 0 Å². The van der Waals surface area contributed by atoms with Crippen LogP contribution >= 0.6 is 11.8 Å². The van der Waals surface area contributed by atoms with Crippen molar-refractivity contribution >= 4 is 40.7 Å². The molecule has 1 aliphatic rings. The van der Waals surface area contributed by atoms with Gasteiger partial charge in [0.25, 0.3) is 11.1 Å². The van der Waals surface area contributed by atoms with Crippen LogP contribution in [0.15, 0.2) is 45.7 Å². The zero-order valence-electron chi connectivity index (χ0n) is 16.8. The number of carbonyl (C=O) groups is 4. The molecule has 0 aliphatic carbocycles. The van der Waals surface area contributed by atoms with Crippen LogP contribution in [0.2, 0.25) is 0 Å². The van der Waals surface area contributed by atoms with E-state index in [4.69, 9.17) is 9.15 Å². The largest absolute Gasteiger partial charge is 0.461 e. The molecule has 2 aromatic rings. The number of hydrogen-bond acceptors (Lipinski definition) is 7. The lowest BCUT2D eigenvalue weighted by molar-refractivity contribution is -0.150. The molecule has 0 radical (unpaired) electrons. The molecule has 1 fully saturated rings. The van der Waals surface area contributed by atoms with Crippen LogP contribution in [-0.2, 0) is 14.3 Å². The molecule has 7 nitrogen and oxygen atoms in total. The first-order chi connectivity index (χ1) is 14.3. The number of benzene rings is 1. The molecule has 0 bridgehead atoms. The lowest BCUT2D eigenvalue weighted by atomic mass is 10.1. The Labute approximate surface area is 178 Å². The molecule has 0 saturated carbocycles. The summed E-state index contributed by atoms with van der Waals surface area (Å²) in [4.78, 5) is 49.0. The van der Waals surface area contributed by atoms with E-state index in [2.05, 4.69) is 0 Å². The summed E-state index contributed by atoms with van der Waals surface area (Å²) >= 11 is 0.747. The number of nitrogens with zero attached hydrogens (tertiary/aromatic N) is 1. The van der Waals surface area contributed by atoms with Gasteiger partial charge in [-0.15, -0.1) is 0 Å². The molecule has 0 N–H and O–H groups in total. The second-order valence-electron chi connectivity index (χ2n) is 6.81. The molecule has 156 valence electrons. The Balaban J connectivity index is 1.71. The maximum Gasteiger partial charge on any atom is 0.326 e. The minimum Gasteiger partial charge on any atom is -0.461 e. The van der Waals surface area contributed by atoms with Crippen LogP contribution in [-0.4, -0.2) is 40.4 Å². The Kier molecular flexibility index (Phi) is 6.56. The van der Waals surface area contributed by atoms with Crippen molar-refractivity contribution in [3.05, 3.63) is 52.6 Å². The van der Waals surface area contributed by atoms with E-state index in [1.54, 1.807) is 43.3 Å². The molecule has 1 aliphatic heterocycles. The van der Waals surface area contributed by atoms with Gasteiger partial charge in [0.05, 0.1) is 11.0 Å². The standard InChI is InChI=1S/C22H21NO6S/c1-4-13(2)28-20(25)12-23-21(26)19(30-22(23)27)11-17-9-10-18(29-17)16-7-5-15(6-8-16)14(3)24/h5-11,13H,4,12H2,1-3H3/b19-11+/t13-/m1/s1. The highest BCUT2D eigenvalue weighted by molar-refractivity contribution is 8.18. The van der Waals surface area contributed by atoms with Gasteiger partial charge in [0, 0.05) is 17.2 Å². The highest BCUT2D eigenvalue weighted by Crippen LogP contribution is 2.33. The first kappa shape index (κ1) is 21.6. The first-order valence-corrected chi connectivity index (χ1v) is 10.3. The van der Waals surface area contributed by atoms with E-state index in [1.807, 2.05) is 6.92 Å². The third-order valence-electron chi connectivity index (χ3n) is 4.54. The van der Waals surface area contributed by atoms with Crippen molar-refractivity contribution in [1.29, 1.82) is 0 Å². The predicted molar refractivity (Wildman–Crippen MR) is 113 cm³/mol. The van der Waals surface area contributed by atoms with Crippen LogP contribution in [0.5, 0.6) is 0 Å². The topological polar surface area (TPSA) is 93.9 Å². The minimum absolute atomic E-state index is 0.0227. The van der Waals surface area contributed by atoms with E-state index in [-0.39, 0.29) is 16.8 Å². The van der Waals surface area contributed by atoms with Gasteiger partial charge in [-0.2, -0.15) is 0 Å². The highest BCUT2D eigenvalue weighted by Gasteiger charge is 2.37. The molecular formula is C22H21NO6S. The van der Waals surface area contributed by atoms with Crippen LogP contribution < -0.4 is 0 Å². The highest BCUT2D eigenvalue weighted by atomic mass is 32.2. The summed E-state index contributed by atoms with van der Waals surface area (Å²) in [6.45, 7) is 4.69. The van der Waals surface area contributed by atoms with E-state index in [0.717, 1.165) is 22.2 Å². The van der Waals surface area contributed by atoms with Gasteiger partial charge in [0.2, 0.25) is 0 Å². The Morgan fingerprint density at radius 2 is 1.87 bits per heavy atom. The number of furan rings is 1. The number of hydrogen-bond donors (Lipinski definition) is 0. The van der Waals surface area contributed by atoms with Gasteiger partial charge < -0.3 is 9.15 Å². The van der Waals surface area contributed by atoms with Gasteiger partial charge in [-0.3, -0.25) is 24.1 Å². The number of amides is 2. The van der Waals surface area contributed by atoms with Gasteiger partial charge in [0.1, 0.15) is 18.1 Å². The maximum atomic E-state index is 12.5. The van der Waals surface area contributed by atoms with Crippen molar-refractivity contribution in [3.63, 3.8) is 0 Å². The molecule has 1 aromatic heterocycles. The molecule has 0 spiro atoms. The van der Waals surface area contributed by atoms with Crippen LogP contribution in [0.25, 0.3) is 17.4 Å². The number of imide groups is 1. The lowest BCUT2D eigenvalue weighted by Gasteiger charge is -2.14. The summed E-state index contributed by atoms with van der Waals surface area (Å²) in [5.41, 5.74) is 1.38. The van der Waals surface area contributed by atoms with Crippen LogP contribution in [0.4, 0.5) is 4.79 Å². The van der Waals surface area contributed by atoms with Crippen molar-refractivity contribution in [3.8, 4) is 11.3 Å². The van der Waals surface area contributed by atoms with E-state index < -0.39 is 23.7 Å². The number of carbonyl (C=O) groups excluding carboxylic acids is 4. The predicted octanol–water partition coefficient (Wildman–Crippen LogP) is 4.53. The van der Waals surface area contributed by atoms with E-state index in [1.165, 1.54) is 13.0 Å². The second kappa shape index (κ2) is 9.13. The molecular weight excluding hydrogens is 406 g/mol. The number of ketones is 1. The van der Waals surface area contributed by atoms with E-state index >= 15 is 0 Å². The van der Waals surface area contributed by atoms with Crippen LogP contribution in [0.1, 0.15) is 43.3 Å². The van der Waals surface area contributed by atoms with Gasteiger partial charge in [0.15, 0.2) is 5.78 Å². The molecule has 8 heteroatoms. The van der Waals surface area contributed by atoms with Gasteiger partial charge in [-0.05, 0) is 44.2 Å². The maximum absolute atomic E-state index is 12.5. The van der Waals surface area contributed by atoms with Crippen molar-refractivity contribution in [2.75, 3.05) is 6.54 Å². The third kappa shape index (κ3) is 4.88. The average Bonchev–Trinajstić information content (AvgIpc) is 3.28. The van der Waals surface area contributed by atoms with Gasteiger partial charge in [-0.25, -0.2) is 0 Å². The fourth-order valence-electron chi connectivity index (χ4n) is 2.69. The summed E-state index contributed by atoms with van der Waals surface area (Å²) in [6, 6.07) is 10.4. The summed E-state index contributed by atoms with van der Waals surface area (Å²) < 4.78 is 10.9. The normalized spacial score (nSPS) is 16.2. The van der Waals surface area contributed by atoms with E-state index in [9.17, 15) is 19.2 Å². The monoisotopic (exact) mass is 427 g/mol. The molecule has 1 atom stereocenters. The second-order valence-corrected chi connectivity index (χ2v) is 7.81. The number of ether oxygens (including phenoxy) is 1. The Morgan fingerprint density at radius 3 is 2.50 bits per heavy atom. The Bertz CT molecular complexity index is 1020. The van der Waals surface area contributed by atoms with E-state index in [0.29, 0.717) is 23.5 Å². The molecule has 30 heavy (non-hydrogen) atoms. The number of rotatable bonds is 7. The number of thioether (sulfide) groups is 1. The van der Waals surface area contributed by atoms with Crippen LogP contribution in [0.3, 0.4) is 0 Å². The minimum atomic E-state index is -0.623. The smallest absolute Gasteiger partial charge is 0.326 e. The van der Waals surface area contributed by atoms with Crippen molar-refractivity contribution < 1.29 is 28.3 Å². The molecule has 3 rings (SSSR count). The lowest BCUT2D eigenvalue weighted by Crippen LogP contribution is -2.35. The molecule has 2 amide bonds. The van der Waals surface area contributed by atoms with Crippen molar-refractivity contribution in [2.24, 2.45) is 0 Å². The first-order valence-electron chi connectivity index (χ1n) is 9.44. The SMILES string of the molecule is CC[C@@H](C)OC(=O)CN1C(=O)S/C(=C/c2ccc(-c3ccc(C(C)=O)cc3)o2)C1=O. The number of Topliss-reactive ketones (excluding diaryl/α,β-unsaturated/α-hetero) is 1. The third-order valence-corrected chi connectivity index (χ3v) is 5.45. The van der Waals surface area contributed by atoms with Crippen molar-refractivity contribution in [2.45, 2.75) is 33.3 Å².